The zero-order valence-corrected chi connectivity index (χ0v) is 15.1. The van der Waals surface area contributed by atoms with Gasteiger partial charge in [0.2, 0.25) is 0 Å². The second-order valence-electron chi connectivity index (χ2n) is 4.85. The molecular formula is C15H13BrF3NO6. The van der Waals surface area contributed by atoms with E-state index in [4.69, 9.17) is 4.74 Å². The molecule has 26 heavy (non-hydrogen) atoms. The van der Waals surface area contributed by atoms with Crippen molar-refractivity contribution in [3.05, 3.63) is 33.9 Å². The largest absolute Gasteiger partial charge is 0.573 e. The van der Waals surface area contributed by atoms with Crippen molar-refractivity contribution in [3.63, 3.8) is 0 Å². The highest BCUT2D eigenvalue weighted by Crippen LogP contribution is 2.40. The van der Waals surface area contributed by atoms with Gasteiger partial charge in [0.05, 0.1) is 36.6 Å². The second kappa shape index (κ2) is 7.96. The topological polar surface area (TPSA) is 74.3 Å². The average Bonchev–Trinajstić information content (AvgIpc) is 2.60. The summed E-state index contributed by atoms with van der Waals surface area (Å²) in [6, 6.07) is 3.80. The van der Waals surface area contributed by atoms with E-state index < -0.39 is 24.1 Å². The van der Waals surface area contributed by atoms with Gasteiger partial charge >= 0.3 is 18.3 Å². The number of methoxy groups -OCH3 is 2. The molecule has 0 saturated heterocycles. The Morgan fingerprint density at radius 2 is 1.85 bits per heavy atom. The fourth-order valence-electron chi connectivity index (χ4n) is 2.24. The Hall–Kier alpha value is -2.27. The van der Waals surface area contributed by atoms with E-state index in [-0.39, 0.29) is 34.8 Å². The minimum atomic E-state index is -4.91. The summed E-state index contributed by atoms with van der Waals surface area (Å²) in [7, 11) is 2.23. The summed E-state index contributed by atoms with van der Waals surface area (Å²) in [6.07, 6.45) is -4.91. The molecule has 0 unspecified atom stereocenters. The fraction of sp³-hybridized carbons (Fsp3) is 0.333. The number of rotatable bonds is 4. The number of benzene rings is 1. The molecule has 0 bridgehead atoms. The number of carbonyl (C=O) groups excluding carboxylic acids is 2. The van der Waals surface area contributed by atoms with E-state index in [1.807, 2.05) is 0 Å². The number of ether oxygens (including phenoxy) is 4. The molecule has 0 aromatic heterocycles. The molecule has 1 aliphatic rings. The third kappa shape index (κ3) is 4.28. The summed E-state index contributed by atoms with van der Waals surface area (Å²) < 4.78 is 56.1. The van der Waals surface area contributed by atoms with Gasteiger partial charge in [-0.25, -0.2) is 9.59 Å². The van der Waals surface area contributed by atoms with Crippen molar-refractivity contribution in [2.24, 2.45) is 0 Å². The van der Waals surface area contributed by atoms with Gasteiger partial charge in [-0.2, -0.15) is 0 Å². The van der Waals surface area contributed by atoms with Crippen LogP contribution in [0.2, 0.25) is 0 Å². The van der Waals surface area contributed by atoms with Crippen LogP contribution in [0.4, 0.5) is 18.9 Å². The van der Waals surface area contributed by atoms with Gasteiger partial charge in [-0.1, -0.05) is 6.07 Å². The summed E-state index contributed by atoms with van der Waals surface area (Å²) >= 11 is 3.03. The molecule has 0 fully saturated rings. The lowest BCUT2D eigenvalue weighted by molar-refractivity contribution is -0.274. The molecule has 0 radical (unpaired) electrons. The molecule has 1 aliphatic heterocycles. The number of hydrogen-bond donors (Lipinski definition) is 0. The number of esters is 2. The predicted molar refractivity (Wildman–Crippen MR) is 85.2 cm³/mol. The van der Waals surface area contributed by atoms with Gasteiger partial charge in [0.15, 0.2) is 0 Å². The van der Waals surface area contributed by atoms with Crippen molar-refractivity contribution in [1.29, 1.82) is 0 Å². The lowest BCUT2D eigenvalue weighted by Crippen LogP contribution is -2.39. The lowest BCUT2D eigenvalue weighted by Gasteiger charge is -2.32. The first kappa shape index (κ1) is 20.0. The molecule has 0 amide bonds. The van der Waals surface area contributed by atoms with Crippen LogP contribution >= 0.6 is 15.9 Å². The highest BCUT2D eigenvalue weighted by Gasteiger charge is 2.35. The molecular weight excluding hydrogens is 427 g/mol. The first-order chi connectivity index (χ1) is 12.2. The van der Waals surface area contributed by atoms with Crippen LogP contribution in [-0.2, 0) is 23.8 Å². The van der Waals surface area contributed by atoms with Crippen molar-refractivity contribution in [1.82, 2.24) is 0 Å². The fourth-order valence-corrected chi connectivity index (χ4v) is 2.80. The zero-order chi connectivity index (χ0) is 19.5. The molecule has 0 aliphatic carbocycles. The monoisotopic (exact) mass is 439 g/mol. The number of hydrogen-bond acceptors (Lipinski definition) is 7. The Balaban J connectivity index is 2.57. The number of anilines is 1. The van der Waals surface area contributed by atoms with Gasteiger partial charge in [0, 0.05) is 0 Å². The summed E-state index contributed by atoms with van der Waals surface area (Å²) in [5.74, 6) is -2.22. The standard InChI is InChI=1S/C15H13BrF3NO6/c1-23-13(21)8-6-25-7-20(12(8)14(22)24-2)9-4-3-5-10(11(9)16)26-15(17,18)19/h3-5H,6-7H2,1-2H3. The third-order valence-corrected chi connectivity index (χ3v) is 4.09. The van der Waals surface area contributed by atoms with Gasteiger partial charge in [-0.05, 0) is 28.1 Å². The van der Waals surface area contributed by atoms with E-state index in [1.54, 1.807) is 0 Å². The van der Waals surface area contributed by atoms with Crippen LogP contribution in [0, 0.1) is 0 Å². The normalized spacial score (nSPS) is 14.9. The van der Waals surface area contributed by atoms with Crippen LogP contribution in [-0.4, -0.2) is 45.9 Å². The number of nitrogens with zero attached hydrogens (tertiary/aromatic N) is 1. The van der Waals surface area contributed by atoms with E-state index >= 15 is 0 Å². The molecule has 1 aromatic rings. The molecule has 0 N–H and O–H groups in total. The molecule has 142 valence electrons. The van der Waals surface area contributed by atoms with Gasteiger partial charge in [-0.15, -0.1) is 13.2 Å². The molecule has 0 atom stereocenters. The van der Waals surface area contributed by atoms with Gasteiger partial charge in [0.1, 0.15) is 18.2 Å². The van der Waals surface area contributed by atoms with Crippen LogP contribution < -0.4 is 9.64 Å². The number of halogens is 4. The van der Waals surface area contributed by atoms with Gasteiger partial charge in [-0.3, -0.25) is 0 Å². The quantitative estimate of drug-likeness (QED) is 0.667. The highest BCUT2D eigenvalue weighted by atomic mass is 79.9. The molecule has 7 nitrogen and oxygen atoms in total. The highest BCUT2D eigenvalue weighted by molar-refractivity contribution is 9.10. The van der Waals surface area contributed by atoms with Gasteiger partial charge in [0.25, 0.3) is 0 Å². The SMILES string of the molecule is COC(=O)C1=C(C(=O)OC)N(c2cccc(OC(F)(F)F)c2Br)COC1. The molecule has 2 rings (SSSR count). The van der Waals surface area contributed by atoms with E-state index in [9.17, 15) is 22.8 Å². The Bertz CT molecular complexity index is 749. The Morgan fingerprint density at radius 3 is 2.42 bits per heavy atom. The maximum Gasteiger partial charge on any atom is 0.573 e. The van der Waals surface area contributed by atoms with E-state index in [0.717, 1.165) is 20.3 Å². The van der Waals surface area contributed by atoms with Crippen molar-refractivity contribution in [2.45, 2.75) is 6.36 Å². The first-order valence-electron chi connectivity index (χ1n) is 6.99. The summed E-state index contributed by atoms with van der Waals surface area (Å²) in [5.41, 5.74) is -0.219. The molecule has 0 spiro atoms. The number of carbonyl (C=O) groups is 2. The summed E-state index contributed by atoms with van der Waals surface area (Å²) in [4.78, 5) is 25.3. The van der Waals surface area contributed by atoms with Crippen molar-refractivity contribution in [3.8, 4) is 5.75 Å². The lowest BCUT2D eigenvalue weighted by atomic mass is 10.1. The van der Waals surface area contributed by atoms with Crippen LogP contribution in [0.3, 0.4) is 0 Å². The van der Waals surface area contributed by atoms with Crippen molar-refractivity contribution < 1.29 is 41.7 Å². The first-order valence-corrected chi connectivity index (χ1v) is 7.78. The van der Waals surface area contributed by atoms with Crippen molar-refractivity contribution >= 4 is 33.6 Å². The van der Waals surface area contributed by atoms with Gasteiger partial charge < -0.3 is 23.8 Å². The minimum Gasteiger partial charge on any atom is -0.466 e. The smallest absolute Gasteiger partial charge is 0.466 e. The number of alkyl halides is 3. The summed E-state index contributed by atoms with van der Waals surface area (Å²) in [6.45, 7) is -0.428. The Labute approximate surface area is 154 Å². The Kier molecular flexibility index (Phi) is 6.13. The van der Waals surface area contributed by atoms with Crippen LogP contribution in [0.25, 0.3) is 0 Å². The summed E-state index contributed by atoms with van der Waals surface area (Å²) in [5, 5.41) is 0. The van der Waals surface area contributed by atoms with Crippen LogP contribution in [0.15, 0.2) is 33.9 Å². The minimum absolute atomic E-state index is 0.0894. The van der Waals surface area contributed by atoms with E-state index in [0.29, 0.717) is 0 Å². The van der Waals surface area contributed by atoms with E-state index in [1.165, 1.54) is 17.0 Å². The Morgan fingerprint density at radius 1 is 1.19 bits per heavy atom. The molecule has 1 aromatic carbocycles. The van der Waals surface area contributed by atoms with Crippen molar-refractivity contribution in [2.75, 3.05) is 32.5 Å². The third-order valence-electron chi connectivity index (χ3n) is 3.29. The zero-order valence-electron chi connectivity index (χ0n) is 13.6. The second-order valence-corrected chi connectivity index (χ2v) is 5.65. The molecule has 11 heteroatoms. The molecule has 1 heterocycles. The predicted octanol–water partition coefficient (Wildman–Crippen LogP) is 2.74. The van der Waals surface area contributed by atoms with Crippen LogP contribution in [0.1, 0.15) is 0 Å². The van der Waals surface area contributed by atoms with E-state index in [2.05, 4.69) is 30.1 Å². The molecule has 0 saturated carbocycles. The average molecular weight is 440 g/mol. The maximum absolute atomic E-state index is 12.5. The maximum atomic E-state index is 12.5. The van der Waals surface area contributed by atoms with Crippen LogP contribution in [0.5, 0.6) is 5.75 Å².